The zero-order valence-corrected chi connectivity index (χ0v) is 23.4. The van der Waals surface area contributed by atoms with Crippen molar-refractivity contribution in [2.24, 2.45) is 11.3 Å². The molecule has 2 aromatic carbocycles. The summed E-state index contributed by atoms with van der Waals surface area (Å²) in [5.74, 6) is -0.241. The van der Waals surface area contributed by atoms with Crippen LogP contribution in [-0.2, 0) is 4.79 Å². The van der Waals surface area contributed by atoms with Crippen molar-refractivity contribution in [3.05, 3.63) is 52.8 Å². The van der Waals surface area contributed by atoms with Gasteiger partial charge in [-0.1, -0.05) is 38.4 Å². The summed E-state index contributed by atoms with van der Waals surface area (Å²) in [7, 11) is 0. The molecule has 3 heterocycles. The van der Waals surface area contributed by atoms with Crippen molar-refractivity contribution >= 4 is 29.1 Å². The summed E-state index contributed by atoms with van der Waals surface area (Å²) in [4.78, 5) is 34.1. The molecule has 2 fully saturated rings. The first-order valence-corrected chi connectivity index (χ1v) is 14.1. The van der Waals surface area contributed by atoms with Gasteiger partial charge in [0.15, 0.2) is 0 Å². The van der Waals surface area contributed by atoms with Crippen LogP contribution in [0.2, 0.25) is 5.02 Å². The van der Waals surface area contributed by atoms with Crippen LogP contribution in [0.15, 0.2) is 36.4 Å². The fraction of sp³-hybridized carbons (Fsp3) is 0.533. The maximum atomic E-state index is 14.8. The van der Waals surface area contributed by atoms with Gasteiger partial charge in [-0.25, -0.2) is 4.39 Å². The number of piperidine rings is 1. The molecule has 1 unspecified atom stereocenters. The molecule has 2 aromatic rings. The van der Waals surface area contributed by atoms with E-state index in [9.17, 15) is 14.0 Å². The number of hydrogen-bond acceptors (Lipinski definition) is 4. The van der Waals surface area contributed by atoms with Gasteiger partial charge in [-0.3, -0.25) is 14.5 Å². The van der Waals surface area contributed by atoms with Gasteiger partial charge in [0.2, 0.25) is 0 Å². The van der Waals surface area contributed by atoms with Gasteiger partial charge in [-0.05, 0) is 86.1 Å². The van der Waals surface area contributed by atoms with Crippen LogP contribution < -0.4 is 10.2 Å². The fourth-order valence-electron chi connectivity index (χ4n) is 5.79. The van der Waals surface area contributed by atoms with Crippen LogP contribution in [0.3, 0.4) is 0 Å². The molecule has 0 aromatic heterocycles. The fourth-order valence-corrected chi connectivity index (χ4v) is 5.95. The Morgan fingerprint density at radius 1 is 1.03 bits per heavy atom. The molecule has 0 saturated carbocycles. The van der Waals surface area contributed by atoms with E-state index >= 15 is 0 Å². The molecule has 1 atom stereocenters. The summed E-state index contributed by atoms with van der Waals surface area (Å²) in [5.41, 5.74) is 2.28. The summed E-state index contributed by atoms with van der Waals surface area (Å²) in [6.07, 6.45) is 3.01. The Morgan fingerprint density at radius 3 is 2.50 bits per heavy atom. The van der Waals surface area contributed by atoms with Gasteiger partial charge in [0, 0.05) is 36.8 Å². The van der Waals surface area contributed by atoms with Crippen molar-refractivity contribution in [3.8, 4) is 11.1 Å². The van der Waals surface area contributed by atoms with Crippen LogP contribution >= 0.6 is 11.6 Å². The van der Waals surface area contributed by atoms with Crippen LogP contribution in [0.25, 0.3) is 11.1 Å². The largest absolute Gasteiger partial charge is 0.324 e. The molecular formula is C30H38ClFN4O2. The lowest BCUT2D eigenvalue weighted by molar-refractivity contribution is -0.125. The Morgan fingerprint density at radius 2 is 1.79 bits per heavy atom. The lowest BCUT2D eigenvalue weighted by Gasteiger charge is -2.41. The third kappa shape index (κ3) is 5.75. The molecule has 1 N–H and O–H groups in total. The highest BCUT2D eigenvalue weighted by atomic mass is 35.5. The minimum absolute atomic E-state index is 0.0125. The van der Waals surface area contributed by atoms with Gasteiger partial charge in [0.1, 0.15) is 11.9 Å². The van der Waals surface area contributed by atoms with E-state index < -0.39 is 11.9 Å². The Kier molecular flexibility index (Phi) is 7.81. The predicted octanol–water partition coefficient (Wildman–Crippen LogP) is 5.05. The molecule has 3 aliphatic heterocycles. The van der Waals surface area contributed by atoms with E-state index in [4.69, 9.17) is 11.6 Å². The predicted molar refractivity (Wildman–Crippen MR) is 150 cm³/mol. The summed E-state index contributed by atoms with van der Waals surface area (Å²) < 4.78 is 14.8. The number of anilines is 1. The highest BCUT2D eigenvalue weighted by Gasteiger charge is 2.43. The highest BCUT2D eigenvalue weighted by molar-refractivity contribution is 6.30. The number of benzene rings is 2. The molecule has 0 bridgehead atoms. The molecule has 2 saturated heterocycles. The topological polar surface area (TPSA) is 55.9 Å². The number of fused-ring (bicyclic) bond motifs is 2. The van der Waals surface area contributed by atoms with Gasteiger partial charge in [-0.15, -0.1) is 0 Å². The second-order valence-electron chi connectivity index (χ2n) is 12.1. The third-order valence-corrected chi connectivity index (χ3v) is 8.35. The summed E-state index contributed by atoms with van der Waals surface area (Å²) >= 11 is 5.97. The quantitative estimate of drug-likeness (QED) is 0.576. The van der Waals surface area contributed by atoms with E-state index in [2.05, 4.69) is 31.0 Å². The zero-order valence-electron chi connectivity index (χ0n) is 22.6. The molecule has 0 aliphatic carbocycles. The molecule has 3 aliphatic rings. The molecule has 8 heteroatoms. The van der Waals surface area contributed by atoms with Gasteiger partial charge >= 0.3 is 0 Å². The molecule has 0 radical (unpaired) electrons. The number of hydrogen-bond donors (Lipinski definition) is 1. The van der Waals surface area contributed by atoms with E-state index in [1.165, 1.54) is 6.07 Å². The first-order chi connectivity index (χ1) is 18.1. The van der Waals surface area contributed by atoms with E-state index in [1.54, 1.807) is 29.2 Å². The van der Waals surface area contributed by atoms with Gasteiger partial charge < -0.3 is 15.1 Å². The molecule has 2 amide bonds. The van der Waals surface area contributed by atoms with Crippen LogP contribution in [0.4, 0.5) is 10.1 Å². The number of piperazine rings is 1. The first kappa shape index (κ1) is 27.1. The molecular weight excluding hydrogens is 503 g/mol. The number of rotatable bonds is 5. The van der Waals surface area contributed by atoms with Crippen LogP contribution in [-0.4, -0.2) is 73.5 Å². The van der Waals surface area contributed by atoms with Crippen LogP contribution in [0, 0.1) is 17.2 Å². The SMILES string of the molecule is CC(C)(C)CCN1CCN2C(=O)c3cc(-c4ccc(Cl)cc4F)ccc3N(CC3CCNCC3)C(=O)C2C1. The monoisotopic (exact) mass is 540 g/mol. The van der Waals surface area contributed by atoms with Gasteiger partial charge in [0.25, 0.3) is 11.8 Å². The maximum absolute atomic E-state index is 14.8. The number of carbonyl (C=O) groups excluding carboxylic acids is 2. The van der Waals surface area contributed by atoms with Crippen molar-refractivity contribution in [3.63, 3.8) is 0 Å². The number of halogens is 2. The van der Waals surface area contributed by atoms with Crippen molar-refractivity contribution < 1.29 is 14.0 Å². The second-order valence-corrected chi connectivity index (χ2v) is 12.6. The normalized spacial score (nSPS) is 21.3. The first-order valence-electron chi connectivity index (χ1n) is 13.8. The molecule has 5 rings (SSSR count). The second kappa shape index (κ2) is 10.9. The Labute approximate surface area is 230 Å². The highest BCUT2D eigenvalue weighted by Crippen LogP contribution is 2.36. The Balaban J connectivity index is 1.51. The average Bonchev–Trinajstić information content (AvgIpc) is 2.97. The van der Waals surface area contributed by atoms with Crippen LogP contribution in [0.5, 0.6) is 0 Å². The number of nitrogens with zero attached hydrogens (tertiary/aromatic N) is 3. The summed E-state index contributed by atoms with van der Waals surface area (Å²) in [6.45, 7) is 11.8. The lowest BCUT2D eigenvalue weighted by atomic mass is 9.92. The van der Waals surface area contributed by atoms with E-state index in [0.717, 1.165) is 45.4 Å². The molecule has 38 heavy (non-hydrogen) atoms. The number of amides is 2. The van der Waals surface area contributed by atoms with E-state index in [-0.39, 0.29) is 17.2 Å². The third-order valence-electron chi connectivity index (χ3n) is 8.11. The standard InChI is InChI=1S/C30H38ClFN4O2/c1-30(2,3)10-13-34-14-15-35-27(19-34)29(38)36(18-20-8-11-33-12-9-20)26-7-4-21(16-24(26)28(35)37)23-6-5-22(31)17-25(23)32/h4-7,16-17,20,27,33H,8-15,18-19H2,1-3H3. The summed E-state index contributed by atoms with van der Waals surface area (Å²) in [5, 5.41) is 3.72. The van der Waals surface area contributed by atoms with E-state index in [1.807, 2.05) is 11.0 Å². The molecule has 204 valence electrons. The van der Waals surface area contributed by atoms with Crippen molar-refractivity contribution in [2.45, 2.75) is 46.1 Å². The van der Waals surface area contributed by atoms with E-state index in [0.29, 0.717) is 53.0 Å². The number of carbonyl (C=O) groups is 2. The van der Waals surface area contributed by atoms with Crippen LogP contribution in [0.1, 0.15) is 50.4 Å². The Hall–Kier alpha value is -2.48. The number of nitrogens with one attached hydrogen (secondary N) is 1. The molecule has 0 spiro atoms. The minimum Gasteiger partial charge on any atom is -0.324 e. The van der Waals surface area contributed by atoms with Crippen molar-refractivity contribution in [2.75, 3.05) is 50.7 Å². The smallest absolute Gasteiger partial charge is 0.256 e. The van der Waals surface area contributed by atoms with Gasteiger partial charge in [0.05, 0.1) is 11.3 Å². The summed E-state index contributed by atoms with van der Waals surface area (Å²) in [6, 6.07) is 9.42. The lowest BCUT2D eigenvalue weighted by Crippen LogP contribution is -2.60. The maximum Gasteiger partial charge on any atom is 0.256 e. The zero-order chi connectivity index (χ0) is 27.0. The minimum atomic E-state index is -0.527. The van der Waals surface area contributed by atoms with Gasteiger partial charge in [-0.2, -0.15) is 0 Å². The van der Waals surface area contributed by atoms with Crippen molar-refractivity contribution in [1.29, 1.82) is 0 Å². The van der Waals surface area contributed by atoms with Crippen molar-refractivity contribution in [1.82, 2.24) is 15.1 Å². The Bertz CT molecular complexity index is 1210. The average molecular weight is 541 g/mol. The molecule has 6 nitrogen and oxygen atoms in total.